The van der Waals surface area contributed by atoms with Crippen LogP contribution in [0.25, 0.3) is 0 Å². The largest absolute Gasteiger partial charge is 0.480 e. The van der Waals surface area contributed by atoms with Crippen molar-refractivity contribution in [2.45, 2.75) is 301 Å². The summed E-state index contributed by atoms with van der Waals surface area (Å²) in [5, 5.41) is 66.2. The highest BCUT2D eigenvalue weighted by atomic mass is 32.3. The first-order valence-corrected chi connectivity index (χ1v) is 53.9. The van der Waals surface area contributed by atoms with E-state index in [0.717, 1.165) is 11.1 Å². The van der Waals surface area contributed by atoms with E-state index in [1.54, 1.807) is 11.8 Å². The second kappa shape index (κ2) is 55.2. The predicted octanol–water partition coefficient (Wildman–Crippen LogP) is 5.47. The lowest BCUT2D eigenvalue weighted by molar-refractivity contribution is -0.150. The number of aromatic nitrogens is 2. The third kappa shape index (κ3) is 37.8. The van der Waals surface area contributed by atoms with Crippen LogP contribution in [0.1, 0.15) is 189 Å². The molecule has 3 aromatic rings. The molecule has 6 saturated heterocycles. The number of benzene rings is 2. The summed E-state index contributed by atoms with van der Waals surface area (Å²) in [6.45, 7) is 40.9. The number of aliphatic carboxylic acids is 2. The molecule has 1 aromatic heterocycles. The minimum atomic E-state index is -4.82. The van der Waals surface area contributed by atoms with Crippen LogP contribution >= 0.6 is 0 Å². The molecule has 9 rings (SSSR count). The maximum Gasteiger partial charge on any atom is 0.418 e. The number of piperidine rings is 3. The number of amides is 7. The van der Waals surface area contributed by atoms with Crippen LogP contribution in [0.2, 0.25) is 54.4 Å². The molecular formula is C84H147N15O30SSi3. The quantitative estimate of drug-likeness (QED) is 0.00867. The van der Waals surface area contributed by atoms with Crippen molar-refractivity contribution in [2.24, 2.45) is 33.7 Å². The number of carboxylic acid groups (broad SMARTS) is 2. The van der Waals surface area contributed by atoms with Crippen molar-refractivity contribution in [3.63, 3.8) is 0 Å². The molecule has 6 bridgehead atoms. The number of carbonyl (C=O) groups is 11. The molecule has 7 amide bonds. The highest BCUT2D eigenvalue weighted by Crippen LogP contribution is 2.42. The summed E-state index contributed by atoms with van der Waals surface area (Å²) in [6.07, 6.45) is -0.495. The fraction of sp³-hybridized carbons (Fsp3) is 0.690. The van der Waals surface area contributed by atoms with E-state index in [1.807, 2.05) is 81.4 Å². The van der Waals surface area contributed by atoms with E-state index in [-0.39, 0.29) is 126 Å². The number of rotatable bonds is 35. The van der Waals surface area contributed by atoms with E-state index in [2.05, 4.69) is 136 Å². The molecule has 45 nitrogen and oxygen atoms in total. The molecule has 49 heteroatoms. The summed E-state index contributed by atoms with van der Waals surface area (Å²) in [4.78, 5) is 147. The summed E-state index contributed by atoms with van der Waals surface area (Å²) in [7, 11) is -6.79. The number of aliphatic hydroxyl groups excluding tert-OH is 4. The number of nitrogens with one attached hydrogen (secondary N) is 1. The van der Waals surface area contributed by atoms with Crippen LogP contribution in [-0.4, -0.2) is 321 Å². The normalized spacial score (nSPS) is 19.6. The third-order valence-electron chi connectivity index (χ3n) is 23.4. The molecule has 0 aliphatic carbocycles. The first-order valence-electron chi connectivity index (χ1n) is 43.8. The van der Waals surface area contributed by atoms with Crippen LogP contribution in [0.3, 0.4) is 0 Å². The van der Waals surface area contributed by atoms with Gasteiger partial charge in [0, 0.05) is 32.7 Å². The van der Waals surface area contributed by atoms with Crippen molar-refractivity contribution in [1.29, 1.82) is 0 Å². The number of hydroxylamine groups is 6. The first kappa shape index (κ1) is 120. The first-order chi connectivity index (χ1) is 61.7. The Kier molecular flexibility index (Phi) is 49.7. The van der Waals surface area contributed by atoms with Gasteiger partial charge in [0.1, 0.15) is 49.7 Å². The molecule has 0 spiro atoms. The molecule has 6 fully saturated rings. The number of aliphatic imine (C=N–C) groups is 1. The van der Waals surface area contributed by atoms with Gasteiger partial charge in [0.05, 0.1) is 59.1 Å². The monoisotopic (exact) mass is 1960 g/mol. The zero-order valence-electron chi connectivity index (χ0n) is 80.8. The predicted molar refractivity (Wildman–Crippen MR) is 493 cm³/mol. The Morgan fingerprint density at radius 3 is 1.29 bits per heavy atom. The SMILES string of the molecule is CCC(O)C(=O)OC.CCC(O[Si](C)(C)C(C)(C)C)C(=O)CN.CCC(O[Si](C)(C)C(C)(C)C)C(=O)CNC(=O)[C@@H]1CC[C@@H]2CN1C(=O)N2OCc1ccccc1.CCC(O[Si](C)(C)C(C)(C)C)C(=O)OC.COC(=O)C(O)CN.NC(N)=NC[C@@H](O)c1nnc([C@@H]2CC[C@@H]3CN2C(=O)N3OS(=O)(=O)O)o1.NCC(O)C(=O)O.O=C(O)[C@@H]1CC[C@@H]2CN1C(=O)N2OCc1ccccc1. The average molecular weight is 1960 g/mol. The smallest absolute Gasteiger partial charge is 0.418 e. The summed E-state index contributed by atoms with van der Waals surface area (Å²) < 4.78 is 71.6. The van der Waals surface area contributed by atoms with Crippen molar-refractivity contribution < 1.29 is 142 Å². The number of nitrogens with two attached hydrogens (primary N) is 5. The van der Waals surface area contributed by atoms with Gasteiger partial charge < -0.3 is 111 Å². The van der Waals surface area contributed by atoms with Crippen molar-refractivity contribution in [3.05, 3.63) is 83.6 Å². The number of esters is 3. The van der Waals surface area contributed by atoms with E-state index in [4.69, 9.17) is 90.9 Å². The molecule has 133 heavy (non-hydrogen) atoms. The van der Waals surface area contributed by atoms with Crippen molar-refractivity contribution in [2.75, 3.05) is 73.7 Å². The lowest BCUT2D eigenvalue weighted by atomic mass is 10.00. The second-order valence-electron chi connectivity index (χ2n) is 36.2. The van der Waals surface area contributed by atoms with Crippen LogP contribution in [-0.2, 0) is 103 Å². The Labute approximate surface area is 782 Å². The molecule has 6 unspecified atom stereocenters. The summed E-state index contributed by atoms with van der Waals surface area (Å²) in [5.41, 5.74) is 27.3. The Bertz CT molecular complexity index is 4260. The van der Waals surface area contributed by atoms with Gasteiger partial charge >= 0.3 is 58.3 Å². The number of nitrogens with zero attached hydrogens (tertiary/aromatic N) is 9. The number of hydrogen-bond donors (Lipinski definition) is 13. The maximum absolute atomic E-state index is 12.9. The van der Waals surface area contributed by atoms with E-state index in [1.165, 1.54) is 41.3 Å². The van der Waals surface area contributed by atoms with E-state index in [9.17, 15) is 66.3 Å². The number of hydrogen-bond acceptors (Lipinski definition) is 33. The van der Waals surface area contributed by atoms with Crippen LogP contribution in [0.4, 0.5) is 14.4 Å². The number of fused-ring (bicyclic) bond motifs is 6. The fourth-order valence-corrected chi connectivity index (χ4v) is 16.8. The molecule has 7 heterocycles. The van der Waals surface area contributed by atoms with E-state index < -0.39 is 126 Å². The molecule has 13 atom stereocenters. The van der Waals surface area contributed by atoms with Crippen LogP contribution < -0.4 is 34.0 Å². The molecule has 0 saturated carbocycles. The number of urea groups is 3. The molecule has 756 valence electrons. The second-order valence-corrected chi connectivity index (χ2v) is 51.4. The van der Waals surface area contributed by atoms with Gasteiger partial charge in [-0.25, -0.2) is 38.4 Å². The van der Waals surface area contributed by atoms with E-state index in [0.29, 0.717) is 95.6 Å². The Morgan fingerprint density at radius 1 is 0.534 bits per heavy atom. The number of guanidine groups is 1. The van der Waals surface area contributed by atoms with Crippen LogP contribution in [0.15, 0.2) is 70.1 Å². The lowest BCUT2D eigenvalue weighted by Gasteiger charge is -2.38. The molecule has 18 N–H and O–H groups in total. The van der Waals surface area contributed by atoms with Gasteiger partial charge in [0.15, 0.2) is 66.9 Å². The molecule has 6 aliphatic rings. The third-order valence-corrected chi connectivity index (χ3v) is 37.2. The zero-order chi connectivity index (χ0) is 102. The number of ether oxygens (including phenoxy) is 3. The molecule has 2 aromatic carbocycles. The van der Waals surface area contributed by atoms with Crippen molar-refractivity contribution in [3.8, 4) is 0 Å². The highest BCUT2D eigenvalue weighted by Gasteiger charge is 2.52. The standard InChI is InChI=1S/C25H39N3O5Si.C14H16N2O4.C11H17N7O7S.C11H25NO2Si.C11H24O3Si.C5H10O3.C4H9NO3.C3H7NO3/c1-7-22(33-34(5,6)25(2,3)4)21(29)15-26-23(30)20-14-13-19-16-27(20)24(31)28(19)32-17-18-11-9-8-10-12-18;17-13(18)12-7-6-11-8-15(12)14(19)16(11)20-9-10-4-2-1-3-5-10;12-10(13)14-3-7(19)9-16-15-8(24-9)6-2-1-5-4-17(6)11(20)18(5)25-26(21,22)23;1-7-10(9(13)8-12)14-15(5,6)11(2,3)4;1-8-9(10(12)13-5)14-15(6,7)11(2,3)4;1-3-4(6)5(7)8-2;1-8-4(7)3(6)2-5;4-1-2(5)3(6)7/h8-12,19-20,22H,7,13-17H2,1-6H3,(H,26,30);1-5,11-12H,6-9H2,(H,17,18);5-7,19H,1-4H2,(H4,12,13,14)(H,21,22,23);10H,7-8,12H2,1-6H3;9H,8H2,1-7H3;4,6H,3H2,1-2H3;3,6H,2,5H2,1H3;2,5H,1,4H2,(H,6,7)/t19-,20+,22?;11-,12+;5-,6+,7-;;;;;/m111...../s1. The zero-order valence-corrected chi connectivity index (χ0v) is 84.6. The maximum atomic E-state index is 12.9. The summed E-state index contributed by atoms with van der Waals surface area (Å²) >= 11 is 0. The fourth-order valence-electron chi connectivity index (χ4n) is 12.4. The number of aliphatic hydroxyl groups is 4. The van der Waals surface area contributed by atoms with Gasteiger partial charge in [0.2, 0.25) is 17.7 Å². The van der Waals surface area contributed by atoms with Crippen molar-refractivity contribution in [1.82, 2.24) is 45.4 Å². The topological polar surface area (TPSA) is 659 Å². The lowest BCUT2D eigenvalue weighted by Crippen LogP contribution is -2.52. The summed E-state index contributed by atoms with van der Waals surface area (Å²) in [5.74, 6) is -4.39. The molecular weight excluding hydrogens is 1820 g/mol. The van der Waals surface area contributed by atoms with Crippen LogP contribution in [0.5, 0.6) is 0 Å². The molecule has 6 aliphatic heterocycles. The van der Waals surface area contributed by atoms with Gasteiger partial charge in [-0.3, -0.25) is 33.6 Å². The van der Waals surface area contributed by atoms with Gasteiger partial charge in [-0.05, 0) is 130 Å². The minimum Gasteiger partial charge on any atom is -0.480 e. The number of carboxylic acids is 2. The van der Waals surface area contributed by atoms with Crippen molar-refractivity contribution >= 4 is 107 Å². The van der Waals surface area contributed by atoms with E-state index >= 15 is 0 Å². The number of methoxy groups -OCH3 is 3. The highest BCUT2D eigenvalue weighted by molar-refractivity contribution is 7.80. The molecule has 0 radical (unpaired) electrons. The van der Waals surface area contributed by atoms with Gasteiger partial charge in [-0.15, -0.1) is 14.5 Å². The Hall–Kier alpha value is -9.14. The van der Waals surface area contributed by atoms with Gasteiger partial charge in [-0.1, -0.05) is 151 Å². The van der Waals surface area contributed by atoms with Gasteiger partial charge in [-0.2, -0.15) is 23.6 Å². The minimum absolute atomic E-state index is 0.00679. The Morgan fingerprint density at radius 2 is 0.925 bits per heavy atom. The number of ketones is 2. The average Bonchev–Trinajstić information content (AvgIpc) is 1.62. The number of Topliss-reactive ketones (excluding diaryl/α,β-unsaturated/α-hetero) is 2. The van der Waals surface area contributed by atoms with Crippen LogP contribution in [0, 0.1) is 0 Å². The van der Waals surface area contributed by atoms with Gasteiger partial charge in [0.25, 0.3) is 0 Å². The summed E-state index contributed by atoms with van der Waals surface area (Å²) in [6, 6.07) is 15.3. The Balaban J connectivity index is 0.000000544. The number of carbonyl (C=O) groups excluding carboxylic acids is 9.